The molecule has 1 heterocycles. The Bertz CT molecular complexity index is 550. The third-order valence-electron chi connectivity index (χ3n) is 3.50. The molecule has 21 heavy (non-hydrogen) atoms. The van der Waals surface area contributed by atoms with Crippen molar-refractivity contribution in [2.24, 2.45) is 5.92 Å². The Labute approximate surface area is 137 Å². The Morgan fingerprint density at radius 3 is 2.90 bits per heavy atom. The van der Waals surface area contributed by atoms with E-state index in [1.807, 2.05) is 0 Å². The van der Waals surface area contributed by atoms with Crippen LogP contribution in [0.1, 0.15) is 30.1 Å². The standard InChI is InChI=1S/C15H17BrClNO3/c1-2-21-15(20)11-4-3-7-18(9-11)14(19)10-5-6-13(17)12(16)8-10/h5-6,8,11H,2-4,7,9H2,1H3. The number of esters is 1. The van der Waals surface area contributed by atoms with Crippen LogP contribution in [-0.2, 0) is 9.53 Å². The molecule has 0 aliphatic carbocycles. The predicted molar refractivity (Wildman–Crippen MR) is 84.4 cm³/mol. The highest BCUT2D eigenvalue weighted by atomic mass is 79.9. The minimum atomic E-state index is -0.224. The summed E-state index contributed by atoms with van der Waals surface area (Å²) in [6, 6.07) is 5.09. The van der Waals surface area contributed by atoms with Crippen LogP contribution >= 0.6 is 27.5 Å². The third-order valence-corrected chi connectivity index (χ3v) is 4.71. The second-order valence-corrected chi connectivity index (χ2v) is 6.23. The topological polar surface area (TPSA) is 46.6 Å². The fourth-order valence-electron chi connectivity index (χ4n) is 2.43. The fourth-order valence-corrected chi connectivity index (χ4v) is 2.92. The molecule has 2 rings (SSSR count). The number of nitrogens with zero attached hydrogens (tertiary/aromatic N) is 1. The maximum absolute atomic E-state index is 12.5. The van der Waals surface area contributed by atoms with Crippen molar-refractivity contribution < 1.29 is 14.3 Å². The van der Waals surface area contributed by atoms with Gasteiger partial charge in [-0.2, -0.15) is 0 Å². The number of likely N-dealkylation sites (tertiary alicyclic amines) is 1. The molecule has 0 bridgehead atoms. The summed E-state index contributed by atoms with van der Waals surface area (Å²) in [4.78, 5) is 26.0. The summed E-state index contributed by atoms with van der Waals surface area (Å²) in [6.45, 7) is 3.23. The number of hydrogen-bond acceptors (Lipinski definition) is 3. The average molecular weight is 375 g/mol. The Morgan fingerprint density at radius 1 is 1.48 bits per heavy atom. The molecule has 114 valence electrons. The van der Waals surface area contributed by atoms with Crippen molar-refractivity contribution in [3.63, 3.8) is 0 Å². The van der Waals surface area contributed by atoms with E-state index >= 15 is 0 Å². The zero-order chi connectivity index (χ0) is 15.4. The van der Waals surface area contributed by atoms with Gasteiger partial charge in [-0.05, 0) is 53.9 Å². The molecule has 0 radical (unpaired) electrons. The molecular weight excluding hydrogens is 358 g/mol. The van der Waals surface area contributed by atoms with Crippen LogP contribution in [0.15, 0.2) is 22.7 Å². The molecule has 0 spiro atoms. The summed E-state index contributed by atoms with van der Waals surface area (Å²) in [7, 11) is 0. The Balaban J connectivity index is 2.08. The molecule has 0 aromatic heterocycles. The number of halogens is 2. The van der Waals surface area contributed by atoms with Gasteiger partial charge in [0.25, 0.3) is 5.91 Å². The van der Waals surface area contributed by atoms with Crippen LogP contribution in [0.25, 0.3) is 0 Å². The first-order chi connectivity index (χ1) is 10.0. The van der Waals surface area contributed by atoms with Gasteiger partial charge < -0.3 is 9.64 Å². The monoisotopic (exact) mass is 373 g/mol. The molecule has 1 aromatic carbocycles. The van der Waals surface area contributed by atoms with Gasteiger partial charge in [0, 0.05) is 23.1 Å². The van der Waals surface area contributed by atoms with Crippen LogP contribution in [0.2, 0.25) is 5.02 Å². The number of hydrogen-bond donors (Lipinski definition) is 0. The van der Waals surface area contributed by atoms with E-state index in [1.165, 1.54) is 0 Å². The van der Waals surface area contributed by atoms with Crippen molar-refractivity contribution in [3.05, 3.63) is 33.3 Å². The molecule has 1 atom stereocenters. The van der Waals surface area contributed by atoms with Gasteiger partial charge in [0.05, 0.1) is 17.5 Å². The number of carbonyl (C=O) groups is 2. The van der Waals surface area contributed by atoms with E-state index in [2.05, 4.69) is 15.9 Å². The summed E-state index contributed by atoms with van der Waals surface area (Å²) in [5.74, 6) is -0.521. The van der Waals surface area contributed by atoms with Gasteiger partial charge in [-0.1, -0.05) is 11.6 Å². The minimum absolute atomic E-state index is 0.0821. The molecule has 1 aliphatic rings. The molecule has 1 aliphatic heterocycles. The van der Waals surface area contributed by atoms with Crippen LogP contribution in [0.4, 0.5) is 0 Å². The molecule has 1 saturated heterocycles. The lowest BCUT2D eigenvalue weighted by atomic mass is 9.97. The second-order valence-electron chi connectivity index (χ2n) is 4.97. The highest BCUT2D eigenvalue weighted by molar-refractivity contribution is 9.10. The number of carbonyl (C=O) groups excluding carboxylic acids is 2. The van der Waals surface area contributed by atoms with Crippen LogP contribution in [0.5, 0.6) is 0 Å². The van der Waals surface area contributed by atoms with Crippen LogP contribution in [0.3, 0.4) is 0 Å². The Morgan fingerprint density at radius 2 is 2.24 bits per heavy atom. The quantitative estimate of drug-likeness (QED) is 0.761. The maximum atomic E-state index is 12.5. The summed E-state index contributed by atoms with van der Waals surface area (Å²) < 4.78 is 5.74. The number of piperidine rings is 1. The van der Waals surface area contributed by atoms with Crippen molar-refractivity contribution in [2.45, 2.75) is 19.8 Å². The molecule has 4 nitrogen and oxygen atoms in total. The van der Waals surface area contributed by atoms with Crippen molar-refractivity contribution in [1.29, 1.82) is 0 Å². The van der Waals surface area contributed by atoms with Crippen LogP contribution in [-0.4, -0.2) is 36.5 Å². The first kappa shape index (κ1) is 16.3. The highest BCUT2D eigenvalue weighted by Crippen LogP contribution is 2.25. The first-order valence-electron chi connectivity index (χ1n) is 6.94. The molecule has 6 heteroatoms. The van der Waals surface area contributed by atoms with E-state index < -0.39 is 0 Å². The van der Waals surface area contributed by atoms with Crippen molar-refractivity contribution in [1.82, 2.24) is 4.90 Å². The van der Waals surface area contributed by atoms with E-state index in [0.29, 0.717) is 34.8 Å². The molecule has 0 N–H and O–H groups in total. The maximum Gasteiger partial charge on any atom is 0.310 e. The van der Waals surface area contributed by atoms with Gasteiger partial charge in [-0.25, -0.2) is 0 Å². The lowest BCUT2D eigenvalue weighted by molar-refractivity contribution is -0.149. The van der Waals surface area contributed by atoms with E-state index in [-0.39, 0.29) is 17.8 Å². The van der Waals surface area contributed by atoms with E-state index in [0.717, 1.165) is 12.8 Å². The van der Waals surface area contributed by atoms with Crippen molar-refractivity contribution in [3.8, 4) is 0 Å². The van der Waals surface area contributed by atoms with Gasteiger partial charge in [0.1, 0.15) is 0 Å². The molecule has 0 saturated carbocycles. The van der Waals surface area contributed by atoms with Crippen molar-refractivity contribution >= 4 is 39.4 Å². The third kappa shape index (κ3) is 3.98. The predicted octanol–water partition coefficient (Wildman–Crippen LogP) is 3.52. The SMILES string of the molecule is CCOC(=O)C1CCCN(C(=O)c2ccc(Cl)c(Br)c2)C1. The van der Waals surface area contributed by atoms with E-state index in [1.54, 1.807) is 30.0 Å². The van der Waals surface area contributed by atoms with Gasteiger partial charge in [0.2, 0.25) is 0 Å². The molecule has 1 fully saturated rings. The summed E-state index contributed by atoms with van der Waals surface area (Å²) in [5.41, 5.74) is 0.566. The zero-order valence-electron chi connectivity index (χ0n) is 11.8. The lowest BCUT2D eigenvalue weighted by Gasteiger charge is -2.31. The van der Waals surface area contributed by atoms with Gasteiger partial charge in [-0.15, -0.1) is 0 Å². The highest BCUT2D eigenvalue weighted by Gasteiger charge is 2.29. The number of rotatable bonds is 3. The Kier molecular flexibility index (Phi) is 5.65. The van der Waals surface area contributed by atoms with Crippen LogP contribution < -0.4 is 0 Å². The summed E-state index contributed by atoms with van der Waals surface area (Å²) in [5, 5.41) is 0.564. The molecule has 1 unspecified atom stereocenters. The minimum Gasteiger partial charge on any atom is -0.466 e. The zero-order valence-corrected chi connectivity index (χ0v) is 14.1. The number of ether oxygens (including phenoxy) is 1. The van der Waals surface area contributed by atoms with Gasteiger partial charge in [0.15, 0.2) is 0 Å². The van der Waals surface area contributed by atoms with Crippen LogP contribution in [0, 0.1) is 5.92 Å². The molecule has 1 amide bonds. The largest absolute Gasteiger partial charge is 0.466 e. The fraction of sp³-hybridized carbons (Fsp3) is 0.467. The smallest absolute Gasteiger partial charge is 0.310 e. The first-order valence-corrected chi connectivity index (χ1v) is 8.11. The Hall–Kier alpha value is -1.07. The average Bonchev–Trinajstić information content (AvgIpc) is 2.49. The lowest BCUT2D eigenvalue weighted by Crippen LogP contribution is -2.42. The number of benzene rings is 1. The van der Waals surface area contributed by atoms with Crippen molar-refractivity contribution in [2.75, 3.05) is 19.7 Å². The van der Waals surface area contributed by atoms with E-state index in [9.17, 15) is 9.59 Å². The number of amides is 1. The second kappa shape index (κ2) is 7.27. The normalized spacial score (nSPS) is 18.4. The van der Waals surface area contributed by atoms with E-state index in [4.69, 9.17) is 16.3 Å². The molecule has 1 aromatic rings. The van der Waals surface area contributed by atoms with Gasteiger partial charge in [-0.3, -0.25) is 9.59 Å². The summed E-state index contributed by atoms with van der Waals surface area (Å²) in [6.07, 6.45) is 1.58. The molecular formula is C15H17BrClNO3. The summed E-state index contributed by atoms with van der Waals surface area (Å²) >= 11 is 9.25. The van der Waals surface area contributed by atoms with Gasteiger partial charge >= 0.3 is 5.97 Å².